The molecule has 0 radical (unpaired) electrons. The Morgan fingerprint density at radius 2 is 1.87 bits per heavy atom. The number of rotatable bonds is 6. The van der Waals surface area contributed by atoms with Crippen molar-refractivity contribution in [3.8, 4) is 5.75 Å². The van der Waals surface area contributed by atoms with Crippen LogP contribution in [0.4, 0.5) is 13.2 Å². The number of carboxylic acids is 1. The zero-order chi connectivity index (χ0) is 17.3. The highest BCUT2D eigenvalue weighted by molar-refractivity contribution is 5.89. The molecule has 8 heteroatoms. The number of aliphatic carboxylic acids is 1. The Labute approximate surface area is 130 Å². The average molecular weight is 331 g/mol. The number of ether oxygens (including phenoxy) is 1. The van der Waals surface area contributed by atoms with E-state index in [-0.39, 0.29) is 11.7 Å². The second kappa shape index (κ2) is 6.10. The normalized spacial score (nSPS) is 17.2. The first kappa shape index (κ1) is 17.1. The summed E-state index contributed by atoms with van der Waals surface area (Å²) in [5.74, 6) is -1.79. The molecule has 0 aliphatic heterocycles. The van der Waals surface area contributed by atoms with Gasteiger partial charge in [0, 0.05) is 0 Å². The maximum absolute atomic E-state index is 12.2. The van der Waals surface area contributed by atoms with Crippen LogP contribution in [0.2, 0.25) is 0 Å². The fraction of sp³-hybridized carbons (Fsp3) is 0.467. The first-order valence-corrected chi connectivity index (χ1v) is 7.00. The number of benzene rings is 1. The van der Waals surface area contributed by atoms with Crippen LogP contribution < -0.4 is 10.1 Å². The summed E-state index contributed by atoms with van der Waals surface area (Å²) in [7, 11) is 0. The molecule has 0 saturated heterocycles. The van der Waals surface area contributed by atoms with Gasteiger partial charge in [-0.15, -0.1) is 13.2 Å². The van der Waals surface area contributed by atoms with Crippen molar-refractivity contribution in [3.63, 3.8) is 0 Å². The second-order valence-electron chi connectivity index (χ2n) is 5.68. The fourth-order valence-electron chi connectivity index (χ4n) is 2.25. The van der Waals surface area contributed by atoms with Gasteiger partial charge < -0.3 is 15.2 Å². The molecule has 1 aromatic rings. The summed E-state index contributed by atoms with van der Waals surface area (Å²) in [6, 6.07) is 4.33. The van der Waals surface area contributed by atoms with Gasteiger partial charge in [0.1, 0.15) is 11.8 Å². The molecule has 2 N–H and O–H groups in total. The smallest absolute Gasteiger partial charge is 0.480 e. The SMILES string of the molecule is C[C@@H](NC(=O)C1(Cc2ccc(OC(F)(F)F)cc2)CC1)C(=O)O. The highest BCUT2D eigenvalue weighted by atomic mass is 19.4. The molecular weight excluding hydrogens is 315 g/mol. The number of carbonyl (C=O) groups is 2. The first-order valence-electron chi connectivity index (χ1n) is 7.00. The van der Waals surface area contributed by atoms with Crippen molar-refractivity contribution in [1.29, 1.82) is 0 Å². The molecule has 1 saturated carbocycles. The van der Waals surface area contributed by atoms with Crippen LogP contribution in [0, 0.1) is 5.41 Å². The van der Waals surface area contributed by atoms with Gasteiger partial charge in [0.05, 0.1) is 5.41 Å². The summed E-state index contributed by atoms with van der Waals surface area (Å²) >= 11 is 0. The molecule has 1 fully saturated rings. The van der Waals surface area contributed by atoms with Crippen molar-refractivity contribution >= 4 is 11.9 Å². The van der Waals surface area contributed by atoms with E-state index in [0.717, 1.165) is 0 Å². The molecule has 0 bridgehead atoms. The summed E-state index contributed by atoms with van der Waals surface area (Å²) in [5, 5.41) is 11.2. The van der Waals surface area contributed by atoms with Gasteiger partial charge in [-0.25, -0.2) is 0 Å². The Bertz CT molecular complexity index is 594. The van der Waals surface area contributed by atoms with Gasteiger partial charge in [-0.1, -0.05) is 12.1 Å². The van der Waals surface area contributed by atoms with Crippen LogP contribution in [0.25, 0.3) is 0 Å². The summed E-state index contributed by atoms with van der Waals surface area (Å²) in [4.78, 5) is 22.9. The molecule has 0 heterocycles. The Morgan fingerprint density at radius 1 is 1.30 bits per heavy atom. The summed E-state index contributed by atoms with van der Waals surface area (Å²) in [5.41, 5.74) is 0.0194. The van der Waals surface area contributed by atoms with Crippen LogP contribution in [0.15, 0.2) is 24.3 Å². The van der Waals surface area contributed by atoms with Gasteiger partial charge in [-0.3, -0.25) is 9.59 Å². The van der Waals surface area contributed by atoms with Crippen LogP contribution in [0.1, 0.15) is 25.3 Å². The van der Waals surface area contributed by atoms with Crippen molar-refractivity contribution in [2.24, 2.45) is 5.41 Å². The molecule has 1 atom stereocenters. The minimum atomic E-state index is -4.74. The Balaban J connectivity index is 1.98. The lowest BCUT2D eigenvalue weighted by Crippen LogP contribution is -2.43. The number of halogens is 3. The van der Waals surface area contributed by atoms with Gasteiger partial charge in [-0.05, 0) is 43.9 Å². The lowest BCUT2D eigenvalue weighted by Gasteiger charge is -2.18. The standard InChI is InChI=1S/C15H16F3NO4/c1-9(12(20)21)19-13(22)14(6-7-14)8-10-2-4-11(5-3-10)23-15(16,17)18/h2-5,9H,6-8H2,1H3,(H,19,22)(H,20,21)/t9-/m1/s1. The van der Waals surface area contributed by atoms with E-state index < -0.39 is 23.8 Å². The Kier molecular flexibility index (Phi) is 4.53. The fourth-order valence-corrected chi connectivity index (χ4v) is 2.25. The van der Waals surface area contributed by atoms with Crippen molar-refractivity contribution in [2.75, 3.05) is 0 Å². The molecule has 1 aliphatic carbocycles. The minimum Gasteiger partial charge on any atom is -0.480 e. The number of alkyl halides is 3. The number of carbonyl (C=O) groups excluding carboxylic acids is 1. The van der Waals surface area contributed by atoms with Gasteiger partial charge in [0.25, 0.3) is 0 Å². The highest BCUT2D eigenvalue weighted by Gasteiger charge is 2.50. The zero-order valence-electron chi connectivity index (χ0n) is 12.3. The lowest BCUT2D eigenvalue weighted by molar-refractivity contribution is -0.274. The summed E-state index contributed by atoms with van der Waals surface area (Å²) in [6.45, 7) is 1.37. The lowest BCUT2D eigenvalue weighted by atomic mass is 9.95. The maximum Gasteiger partial charge on any atom is 0.573 e. The summed E-state index contributed by atoms with van der Waals surface area (Å²) in [6.07, 6.45) is -3.17. The Morgan fingerprint density at radius 3 is 2.30 bits per heavy atom. The van der Waals surface area contributed by atoms with E-state index in [0.29, 0.717) is 24.8 Å². The van der Waals surface area contributed by atoms with Crippen molar-refractivity contribution < 1.29 is 32.6 Å². The van der Waals surface area contributed by atoms with E-state index in [2.05, 4.69) is 10.1 Å². The summed E-state index contributed by atoms with van der Waals surface area (Å²) < 4.78 is 40.1. The van der Waals surface area contributed by atoms with Gasteiger partial charge in [-0.2, -0.15) is 0 Å². The number of carboxylic acid groups (broad SMARTS) is 1. The topological polar surface area (TPSA) is 75.6 Å². The van der Waals surface area contributed by atoms with E-state index in [9.17, 15) is 22.8 Å². The third-order valence-corrected chi connectivity index (χ3v) is 3.75. The molecule has 1 aliphatic rings. The average Bonchev–Trinajstić information content (AvgIpc) is 3.20. The van der Waals surface area contributed by atoms with Gasteiger partial charge >= 0.3 is 12.3 Å². The second-order valence-corrected chi connectivity index (χ2v) is 5.68. The molecule has 0 spiro atoms. The predicted molar refractivity (Wildman–Crippen MR) is 73.7 cm³/mol. The number of amides is 1. The van der Waals surface area contributed by atoms with Crippen molar-refractivity contribution in [3.05, 3.63) is 29.8 Å². The molecule has 1 aromatic carbocycles. The quantitative estimate of drug-likeness (QED) is 0.840. The van der Waals surface area contributed by atoms with Crippen LogP contribution in [-0.2, 0) is 16.0 Å². The van der Waals surface area contributed by atoms with Crippen LogP contribution in [0.3, 0.4) is 0 Å². The predicted octanol–water partition coefficient (Wildman–Crippen LogP) is 2.50. The zero-order valence-corrected chi connectivity index (χ0v) is 12.3. The third-order valence-electron chi connectivity index (χ3n) is 3.75. The molecule has 2 rings (SSSR count). The molecule has 126 valence electrons. The van der Waals surface area contributed by atoms with E-state index in [1.807, 2.05) is 0 Å². The van der Waals surface area contributed by atoms with Crippen LogP contribution >= 0.6 is 0 Å². The molecule has 0 aromatic heterocycles. The maximum atomic E-state index is 12.2. The van der Waals surface area contributed by atoms with E-state index in [1.54, 1.807) is 0 Å². The minimum absolute atomic E-state index is 0.324. The number of hydrogen-bond donors (Lipinski definition) is 2. The van der Waals surface area contributed by atoms with E-state index >= 15 is 0 Å². The van der Waals surface area contributed by atoms with Crippen LogP contribution in [0.5, 0.6) is 5.75 Å². The van der Waals surface area contributed by atoms with Crippen molar-refractivity contribution in [1.82, 2.24) is 5.32 Å². The Hall–Kier alpha value is -2.25. The molecular formula is C15H16F3NO4. The van der Waals surface area contributed by atoms with Gasteiger partial charge in [0.2, 0.25) is 5.91 Å². The third kappa shape index (κ3) is 4.61. The van der Waals surface area contributed by atoms with Gasteiger partial charge in [0.15, 0.2) is 0 Å². The van der Waals surface area contributed by atoms with Crippen molar-refractivity contribution in [2.45, 2.75) is 38.6 Å². The number of hydrogen-bond acceptors (Lipinski definition) is 3. The van der Waals surface area contributed by atoms with E-state index in [1.165, 1.54) is 31.2 Å². The monoisotopic (exact) mass is 331 g/mol. The molecule has 5 nitrogen and oxygen atoms in total. The van der Waals surface area contributed by atoms with E-state index in [4.69, 9.17) is 5.11 Å². The molecule has 1 amide bonds. The molecule has 23 heavy (non-hydrogen) atoms. The highest BCUT2D eigenvalue weighted by Crippen LogP contribution is 2.48. The van der Waals surface area contributed by atoms with Crippen LogP contribution in [-0.4, -0.2) is 29.4 Å². The molecule has 0 unspecified atom stereocenters. The first-order chi connectivity index (χ1) is 10.6. The number of nitrogens with one attached hydrogen (secondary N) is 1. The largest absolute Gasteiger partial charge is 0.573 e.